The van der Waals surface area contributed by atoms with Crippen molar-refractivity contribution in [3.05, 3.63) is 57.2 Å². The Morgan fingerprint density at radius 2 is 2.04 bits per heavy atom. The molecular formula is C18H20ClN2O3S+. The fraction of sp³-hybridized carbons (Fsp3) is 0.333. The Morgan fingerprint density at radius 3 is 2.72 bits per heavy atom. The van der Waals surface area contributed by atoms with Crippen LogP contribution < -0.4 is 10.2 Å². The molecule has 1 aromatic heterocycles. The number of rotatable bonds is 5. The van der Waals surface area contributed by atoms with Crippen LogP contribution in [0.3, 0.4) is 0 Å². The number of amides is 2. The Kier molecular flexibility index (Phi) is 5.86. The van der Waals surface area contributed by atoms with Gasteiger partial charge in [-0.1, -0.05) is 29.8 Å². The third kappa shape index (κ3) is 4.67. The van der Waals surface area contributed by atoms with Gasteiger partial charge in [0.2, 0.25) is 0 Å². The second-order valence-corrected chi connectivity index (χ2v) is 7.66. The monoisotopic (exact) mass is 379 g/mol. The van der Waals surface area contributed by atoms with Crippen molar-refractivity contribution in [2.24, 2.45) is 0 Å². The van der Waals surface area contributed by atoms with Crippen molar-refractivity contribution in [1.82, 2.24) is 5.32 Å². The summed E-state index contributed by atoms with van der Waals surface area (Å²) in [6.45, 7) is 0.651. The lowest BCUT2D eigenvalue weighted by Gasteiger charge is -2.18. The first-order chi connectivity index (χ1) is 12.0. The smallest absolute Gasteiger partial charge is 0.318 e. The number of hydrogen-bond donors (Lipinski definition) is 3. The number of carbonyl (C=O) groups excluding carboxylic acids is 2. The van der Waals surface area contributed by atoms with Crippen LogP contribution in [0.5, 0.6) is 0 Å². The average molecular weight is 380 g/mol. The van der Waals surface area contributed by atoms with Crippen LogP contribution in [-0.4, -0.2) is 35.6 Å². The summed E-state index contributed by atoms with van der Waals surface area (Å²) in [4.78, 5) is 26.6. The zero-order chi connectivity index (χ0) is 17.8. The van der Waals surface area contributed by atoms with Crippen molar-refractivity contribution in [3.63, 3.8) is 0 Å². The topological polar surface area (TPSA) is 70.8 Å². The van der Waals surface area contributed by atoms with Crippen molar-refractivity contribution in [3.8, 4) is 0 Å². The lowest BCUT2D eigenvalue weighted by Crippen LogP contribution is -3.18. The molecule has 0 spiro atoms. The molecule has 2 aromatic rings. The van der Waals surface area contributed by atoms with Gasteiger partial charge in [0.05, 0.1) is 6.42 Å². The number of halogens is 1. The number of hydrogen-bond acceptors (Lipinski definition) is 4. The van der Waals surface area contributed by atoms with Crippen molar-refractivity contribution in [1.29, 1.82) is 0 Å². The summed E-state index contributed by atoms with van der Waals surface area (Å²) in [6, 6.07) is 10.5. The molecule has 1 unspecified atom stereocenters. The number of nitrogens with one attached hydrogen (secondary N) is 2. The molecule has 0 bridgehead atoms. The second kappa shape index (κ2) is 8.10. The Morgan fingerprint density at radius 1 is 1.28 bits per heavy atom. The van der Waals surface area contributed by atoms with E-state index in [-0.39, 0.29) is 18.4 Å². The molecule has 3 rings (SSSR count). The normalized spacial score (nSPS) is 22.7. The van der Waals surface area contributed by atoms with Crippen LogP contribution in [-0.2, 0) is 22.6 Å². The van der Waals surface area contributed by atoms with Gasteiger partial charge in [0.1, 0.15) is 12.6 Å². The average Bonchev–Trinajstić information content (AvgIpc) is 3.23. The molecule has 5 nitrogen and oxygen atoms in total. The number of likely N-dealkylation sites (tertiary alicyclic amines) is 1. The lowest BCUT2D eigenvalue weighted by atomic mass is 10.1. The summed E-state index contributed by atoms with van der Waals surface area (Å²) in [5.74, 6) is -0.258. The third-order valence-corrected chi connectivity index (χ3v) is 5.48. The molecule has 132 valence electrons. The molecular weight excluding hydrogens is 360 g/mol. The summed E-state index contributed by atoms with van der Waals surface area (Å²) in [7, 11) is 0. The molecule has 2 heterocycles. The highest BCUT2D eigenvalue weighted by Crippen LogP contribution is 2.11. The number of carbonyl (C=O) groups is 2. The quantitative estimate of drug-likeness (QED) is 0.719. The van der Waals surface area contributed by atoms with E-state index < -0.39 is 12.1 Å². The Bertz CT molecular complexity index is 733. The Balaban J connectivity index is 1.61. The maximum Gasteiger partial charge on any atom is 0.318 e. The molecule has 1 aromatic carbocycles. The Labute approximate surface area is 155 Å². The number of aliphatic hydroxyl groups is 1. The molecule has 1 aliphatic rings. The van der Waals surface area contributed by atoms with E-state index in [1.165, 1.54) is 11.3 Å². The first kappa shape index (κ1) is 18.1. The molecule has 7 heteroatoms. The SMILES string of the molecule is O=C(NCc1ccc(Cl)cc1)[C@@H]1C[C@@H](O)C[NH+]1C(=O)Cc1cccs1. The highest BCUT2D eigenvalue weighted by molar-refractivity contribution is 7.10. The Hall–Kier alpha value is -1.73. The van der Waals surface area contributed by atoms with E-state index >= 15 is 0 Å². The maximum atomic E-state index is 12.5. The summed E-state index contributed by atoms with van der Waals surface area (Å²) >= 11 is 7.37. The molecule has 25 heavy (non-hydrogen) atoms. The minimum atomic E-state index is -0.631. The van der Waals surface area contributed by atoms with Crippen LogP contribution in [0.2, 0.25) is 5.02 Å². The van der Waals surface area contributed by atoms with Gasteiger partial charge >= 0.3 is 5.91 Å². The molecule has 2 amide bonds. The van der Waals surface area contributed by atoms with Gasteiger partial charge in [-0.15, -0.1) is 11.3 Å². The fourth-order valence-corrected chi connectivity index (χ4v) is 3.90. The van der Waals surface area contributed by atoms with Gasteiger partial charge in [-0.25, -0.2) is 4.79 Å². The lowest BCUT2D eigenvalue weighted by molar-refractivity contribution is -0.825. The van der Waals surface area contributed by atoms with E-state index in [4.69, 9.17) is 11.6 Å². The molecule has 0 radical (unpaired) electrons. The van der Waals surface area contributed by atoms with Crippen LogP contribution in [0, 0.1) is 0 Å². The molecule has 3 atom stereocenters. The zero-order valence-corrected chi connectivity index (χ0v) is 15.1. The number of thiophene rings is 1. The van der Waals surface area contributed by atoms with E-state index in [2.05, 4.69) is 5.32 Å². The van der Waals surface area contributed by atoms with Gasteiger partial charge in [0, 0.05) is 22.9 Å². The van der Waals surface area contributed by atoms with E-state index in [1.54, 1.807) is 12.1 Å². The third-order valence-electron chi connectivity index (χ3n) is 4.35. The minimum Gasteiger partial charge on any atom is -0.387 e. The largest absolute Gasteiger partial charge is 0.387 e. The van der Waals surface area contributed by atoms with E-state index in [0.29, 0.717) is 29.3 Å². The predicted octanol–water partition coefficient (Wildman–Crippen LogP) is 0.805. The summed E-state index contributed by atoms with van der Waals surface area (Å²) < 4.78 is 0. The molecule has 1 aliphatic heterocycles. The van der Waals surface area contributed by atoms with Crippen LogP contribution >= 0.6 is 22.9 Å². The van der Waals surface area contributed by atoms with Gasteiger partial charge in [0.15, 0.2) is 6.04 Å². The van der Waals surface area contributed by atoms with Crippen LogP contribution in [0.4, 0.5) is 0 Å². The van der Waals surface area contributed by atoms with Crippen LogP contribution in [0.1, 0.15) is 16.9 Å². The second-order valence-electron chi connectivity index (χ2n) is 6.20. The highest BCUT2D eigenvalue weighted by atomic mass is 35.5. The summed E-state index contributed by atoms with van der Waals surface area (Å²) in [5.41, 5.74) is 0.933. The minimum absolute atomic E-state index is 0.0503. The van der Waals surface area contributed by atoms with Gasteiger partial charge in [-0.05, 0) is 29.1 Å². The molecule has 0 saturated carbocycles. The van der Waals surface area contributed by atoms with Crippen molar-refractivity contribution < 1.29 is 19.6 Å². The number of quaternary nitrogens is 1. The van der Waals surface area contributed by atoms with Crippen LogP contribution in [0.15, 0.2) is 41.8 Å². The van der Waals surface area contributed by atoms with Gasteiger partial charge < -0.3 is 10.4 Å². The predicted molar refractivity (Wildman–Crippen MR) is 96.6 cm³/mol. The first-order valence-electron chi connectivity index (χ1n) is 8.14. The molecule has 1 saturated heterocycles. The highest BCUT2D eigenvalue weighted by Gasteiger charge is 2.43. The van der Waals surface area contributed by atoms with E-state index in [0.717, 1.165) is 10.4 Å². The summed E-state index contributed by atoms with van der Waals surface area (Å²) in [5, 5.41) is 15.4. The standard InChI is InChI=1S/C18H19ClN2O3S/c19-13-5-3-12(4-6-13)10-20-18(24)16-8-14(22)11-21(16)17(23)9-15-2-1-7-25-15/h1-7,14,16,22H,8-11H2,(H,20,24)/p+1/t14-,16+/m1/s1. The van der Waals surface area contributed by atoms with Gasteiger partial charge in [0.25, 0.3) is 5.91 Å². The molecule has 3 N–H and O–H groups in total. The van der Waals surface area contributed by atoms with E-state index in [1.807, 2.05) is 29.6 Å². The maximum absolute atomic E-state index is 12.5. The fourth-order valence-electron chi connectivity index (χ4n) is 3.07. The van der Waals surface area contributed by atoms with Gasteiger partial charge in [-0.2, -0.15) is 0 Å². The van der Waals surface area contributed by atoms with E-state index in [9.17, 15) is 14.7 Å². The molecule has 1 fully saturated rings. The molecule has 0 aliphatic carbocycles. The van der Waals surface area contributed by atoms with Crippen molar-refractivity contribution in [2.45, 2.75) is 31.5 Å². The summed E-state index contributed by atoms with van der Waals surface area (Å²) in [6.07, 6.45) is -0.0351. The zero-order valence-electron chi connectivity index (χ0n) is 13.6. The first-order valence-corrected chi connectivity index (χ1v) is 9.40. The van der Waals surface area contributed by atoms with Crippen molar-refractivity contribution in [2.75, 3.05) is 6.54 Å². The van der Waals surface area contributed by atoms with Crippen molar-refractivity contribution >= 4 is 34.8 Å². The van der Waals surface area contributed by atoms with Crippen LogP contribution in [0.25, 0.3) is 0 Å². The number of aliphatic hydroxyl groups excluding tert-OH is 1. The van der Waals surface area contributed by atoms with Gasteiger partial charge in [-0.3, -0.25) is 9.69 Å². The number of benzene rings is 1.